The maximum Gasteiger partial charge on any atom is 0.363 e. The Morgan fingerprint density at radius 1 is 0.956 bits per heavy atom. The molecule has 2 amide bonds. The van der Waals surface area contributed by atoms with Gasteiger partial charge in [-0.25, -0.2) is 23.8 Å². The maximum atomic E-state index is 14.4. The van der Waals surface area contributed by atoms with Gasteiger partial charge >= 0.3 is 11.7 Å². The van der Waals surface area contributed by atoms with Gasteiger partial charge in [0.2, 0.25) is 0 Å². The number of rotatable bonds is 10. The van der Waals surface area contributed by atoms with Crippen molar-refractivity contribution in [2.75, 3.05) is 17.6 Å². The van der Waals surface area contributed by atoms with E-state index in [9.17, 15) is 38.3 Å². The molecule has 2 aromatic heterocycles. The molecular formula is C29H29FN8O7. The molecule has 7 rings (SSSR count). The smallest absolute Gasteiger partial charge is 0.363 e. The largest absolute Gasteiger partial charge is 0.481 e. The van der Waals surface area contributed by atoms with E-state index in [1.54, 1.807) is 0 Å². The van der Waals surface area contributed by atoms with Crippen LogP contribution in [0.4, 0.5) is 15.8 Å². The van der Waals surface area contributed by atoms with Gasteiger partial charge in [-0.1, -0.05) is 6.07 Å². The van der Waals surface area contributed by atoms with Gasteiger partial charge < -0.3 is 26.8 Å². The van der Waals surface area contributed by atoms with Crippen LogP contribution in [0.5, 0.6) is 0 Å². The zero-order valence-corrected chi connectivity index (χ0v) is 23.9. The minimum absolute atomic E-state index is 0.0590. The summed E-state index contributed by atoms with van der Waals surface area (Å²) in [7, 11) is 0. The number of aromatic nitrogens is 4. The molecule has 4 aromatic rings. The zero-order chi connectivity index (χ0) is 32.1. The fraction of sp³-hybridized carbons (Fsp3) is 0.379. The molecular weight excluding hydrogens is 591 g/mol. The third-order valence-electron chi connectivity index (χ3n) is 9.25. The summed E-state index contributed by atoms with van der Waals surface area (Å²) in [5.41, 5.74) is 2.36. The number of aliphatic carboxylic acids is 1. The molecule has 45 heavy (non-hydrogen) atoms. The molecule has 2 bridgehead atoms. The summed E-state index contributed by atoms with van der Waals surface area (Å²) in [6, 6.07) is 5.32. The molecule has 3 aliphatic carbocycles. The number of nitrogen functional groups attached to an aromatic ring is 1. The number of halogens is 1. The van der Waals surface area contributed by atoms with Crippen molar-refractivity contribution in [1.29, 1.82) is 0 Å². The highest BCUT2D eigenvalue weighted by atomic mass is 19.1. The summed E-state index contributed by atoms with van der Waals surface area (Å²) in [4.78, 5) is 80.9. The molecule has 0 atom stereocenters. The van der Waals surface area contributed by atoms with Crippen molar-refractivity contribution in [2.24, 2.45) is 10.8 Å². The molecule has 0 radical (unpaired) electrons. The normalized spacial score (nSPS) is 20.7. The molecule has 2 aromatic carbocycles. The highest BCUT2D eigenvalue weighted by molar-refractivity contribution is 5.98. The molecule has 15 nitrogen and oxygen atoms in total. The molecule has 0 aliphatic heterocycles. The molecule has 3 fully saturated rings. The summed E-state index contributed by atoms with van der Waals surface area (Å²) < 4.78 is 15.5. The van der Waals surface area contributed by atoms with Crippen LogP contribution in [-0.2, 0) is 17.9 Å². The Hall–Kier alpha value is -5.41. The lowest BCUT2D eigenvalue weighted by Gasteiger charge is -2.51. The second-order valence-electron chi connectivity index (χ2n) is 11.9. The molecule has 16 heteroatoms. The maximum absolute atomic E-state index is 14.4. The number of amides is 2. The van der Waals surface area contributed by atoms with Crippen molar-refractivity contribution in [2.45, 2.75) is 51.6 Å². The predicted octanol–water partition coefficient (Wildman–Crippen LogP) is 0.432. The van der Waals surface area contributed by atoms with Crippen LogP contribution in [0.1, 0.15) is 70.6 Å². The number of benzene rings is 1. The number of hydrogen-bond acceptors (Lipinski definition) is 10. The number of carboxylic acid groups (broad SMARTS) is 1. The van der Waals surface area contributed by atoms with Crippen LogP contribution in [0, 0.1) is 16.6 Å². The summed E-state index contributed by atoms with van der Waals surface area (Å²) >= 11 is 0. The average molecular weight is 621 g/mol. The fourth-order valence-corrected chi connectivity index (χ4v) is 6.29. The minimum atomic E-state index is -0.798. The number of fused-ring (bicyclic) bond motifs is 4. The van der Waals surface area contributed by atoms with Crippen LogP contribution in [0.3, 0.4) is 0 Å². The summed E-state index contributed by atoms with van der Waals surface area (Å²) in [5.74, 6) is -2.80. The molecule has 3 aliphatic rings. The van der Waals surface area contributed by atoms with Crippen molar-refractivity contribution < 1.29 is 23.9 Å². The third kappa shape index (κ3) is 5.32. The quantitative estimate of drug-likeness (QED) is 0.133. The lowest BCUT2D eigenvalue weighted by atomic mass is 9.53. The molecule has 0 saturated heterocycles. The Balaban J connectivity index is 1.14. The first kappa shape index (κ1) is 29.7. The summed E-state index contributed by atoms with van der Waals surface area (Å²) in [6.45, 7) is 0.118. The number of carbonyl (C=O) groups excluding carboxylic acids is 2. The van der Waals surface area contributed by atoms with Gasteiger partial charge in [0.1, 0.15) is 28.6 Å². The van der Waals surface area contributed by atoms with Gasteiger partial charge in [0.15, 0.2) is 0 Å². The van der Waals surface area contributed by atoms with Gasteiger partial charge in [-0.3, -0.25) is 24.0 Å². The first-order valence-electron chi connectivity index (χ1n) is 14.3. The number of nitrogens with zero attached hydrogens (tertiary/aromatic N) is 3. The van der Waals surface area contributed by atoms with Crippen molar-refractivity contribution in [3.63, 3.8) is 0 Å². The van der Waals surface area contributed by atoms with Gasteiger partial charge in [-0.2, -0.15) is 4.98 Å². The lowest BCUT2D eigenvalue weighted by molar-refractivity contribution is -0.158. The van der Waals surface area contributed by atoms with Crippen molar-refractivity contribution in [3.05, 3.63) is 83.5 Å². The van der Waals surface area contributed by atoms with E-state index in [4.69, 9.17) is 5.73 Å². The SMILES string of the molecule is Nc1c(NCc2cc(CNC(=O)c3cc(C(=O)NCC45CCC(C(=O)O)(CC4)CC5)n4[nH]c(=O)nc4n3)ccc2F)c(=O)c1=O. The topological polar surface area (TPSA) is 231 Å². The van der Waals surface area contributed by atoms with Crippen molar-refractivity contribution in [1.82, 2.24) is 30.2 Å². The molecule has 3 saturated carbocycles. The average Bonchev–Trinajstić information content (AvgIpc) is 3.43. The van der Waals surface area contributed by atoms with Gasteiger partial charge in [-0.15, -0.1) is 0 Å². The third-order valence-corrected chi connectivity index (χ3v) is 9.25. The van der Waals surface area contributed by atoms with Crippen LogP contribution in [0.25, 0.3) is 5.78 Å². The predicted molar refractivity (Wildman–Crippen MR) is 157 cm³/mol. The molecule has 234 valence electrons. The number of nitrogens with one attached hydrogen (secondary N) is 4. The van der Waals surface area contributed by atoms with E-state index in [2.05, 4.69) is 31.0 Å². The van der Waals surface area contributed by atoms with Gasteiger partial charge in [0.25, 0.3) is 28.4 Å². The number of H-pyrrole nitrogens is 1. The number of hydrogen-bond donors (Lipinski definition) is 6. The van der Waals surface area contributed by atoms with E-state index in [-0.39, 0.29) is 52.6 Å². The van der Waals surface area contributed by atoms with Crippen LogP contribution in [0.15, 0.2) is 38.6 Å². The molecule has 2 heterocycles. The van der Waals surface area contributed by atoms with Gasteiger partial charge in [0, 0.05) is 31.3 Å². The number of nitrogens with two attached hydrogens (primary N) is 1. The standard InChI is InChI=1S/C29H29FN8O7/c30-16-2-1-14(9-15(16)12-32-20-19(31)21(39)22(20)40)11-33-23(41)17-10-18(38-26(35-17)36-27(45)37-38)24(42)34-13-28-3-6-29(7-4-28,8-5-28)25(43)44/h1-2,9-10,32H,3-8,11-13,31H2,(H,33,41)(H,34,42)(H,37,45)(H,43,44). The number of anilines is 2. The number of aromatic amines is 1. The van der Waals surface area contributed by atoms with Crippen molar-refractivity contribution in [3.8, 4) is 0 Å². The summed E-state index contributed by atoms with van der Waals surface area (Å²) in [6.07, 6.45) is 3.67. The van der Waals surface area contributed by atoms with Gasteiger partial charge in [-0.05, 0) is 61.6 Å². The van der Waals surface area contributed by atoms with E-state index in [1.165, 1.54) is 24.3 Å². The van der Waals surface area contributed by atoms with Crippen LogP contribution in [-0.4, -0.2) is 49.0 Å². The Kier molecular flexibility index (Phi) is 7.21. The molecule has 7 N–H and O–H groups in total. The highest BCUT2D eigenvalue weighted by Gasteiger charge is 2.52. The van der Waals surface area contributed by atoms with E-state index >= 15 is 0 Å². The van der Waals surface area contributed by atoms with E-state index in [0.29, 0.717) is 50.6 Å². The highest BCUT2D eigenvalue weighted by Crippen LogP contribution is 2.56. The Bertz CT molecular complexity index is 1980. The zero-order valence-electron chi connectivity index (χ0n) is 23.9. The Morgan fingerprint density at radius 2 is 1.67 bits per heavy atom. The second kappa shape index (κ2) is 10.9. The fourth-order valence-electron chi connectivity index (χ4n) is 6.29. The Labute approximate surface area is 252 Å². The molecule has 0 spiro atoms. The van der Waals surface area contributed by atoms with E-state index in [0.717, 1.165) is 4.52 Å². The van der Waals surface area contributed by atoms with Crippen molar-refractivity contribution >= 4 is 34.9 Å². The number of carboxylic acids is 1. The first-order valence-corrected chi connectivity index (χ1v) is 14.3. The number of carbonyl (C=O) groups is 3. The van der Waals surface area contributed by atoms with Crippen LogP contribution in [0.2, 0.25) is 0 Å². The van der Waals surface area contributed by atoms with E-state index in [1.807, 2.05) is 0 Å². The summed E-state index contributed by atoms with van der Waals surface area (Å²) in [5, 5.41) is 20.2. The van der Waals surface area contributed by atoms with E-state index < -0.39 is 45.6 Å². The minimum Gasteiger partial charge on any atom is -0.481 e. The second-order valence-corrected chi connectivity index (χ2v) is 11.9. The van der Waals surface area contributed by atoms with Crippen LogP contribution >= 0.6 is 0 Å². The molecule has 0 unspecified atom stereocenters. The lowest BCUT2D eigenvalue weighted by Crippen LogP contribution is -2.50. The Morgan fingerprint density at radius 3 is 2.33 bits per heavy atom. The van der Waals surface area contributed by atoms with Gasteiger partial charge in [0.05, 0.1) is 5.41 Å². The first-order chi connectivity index (χ1) is 21.4. The monoisotopic (exact) mass is 620 g/mol. The van der Waals surface area contributed by atoms with Crippen LogP contribution < -0.4 is 38.2 Å².